The average Bonchev–Trinajstić information content (AvgIpc) is 2.94. The monoisotopic (exact) mass is 351 g/mol. The van der Waals surface area contributed by atoms with Gasteiger partial charge in [-0.3, -0.25) is 4.79 Å². The van der Waals surface area contributed by atoms with Crippen LogP contribution in [-0.4, -0.2) is 33.1 Å². The Kier molecular flexibility index (Phi) is 5.02. The Hall–Kier alpha value is -3.15. The number of fused-ring (bicyclic) bond motifs is 1. The summed E-state index contributed by atoms with van der Waals surface area (Å²) in [5.74, 6) is -0.324. The van der Waals surface area contributed by atoms with Gasteiger partial charge in [-0.05, 0) is 49.2 Å². The number of nitrogens with zero attached hydrogens (tertiary/aromatic N) is 2. The van der Waals surface area contributed by atoms with E-state index >= 15 is 0 Å². The Bertz CT molecular complexity index is 976. The molecule has 26 heavy (non-hydrogen) atoms. The van der Waals surface area contributed by atoms with Crippen LogP contribution in [0.2, 0.25) is 0 Å². The van der Waals surface area contributed by atoms with Gasteiger partial charge >= 0.3 is 5.97 Å². The molecule has 2 aromatic carbocycles. The number of para-hydroxylation sites is 2. The third-order valence-corrected chi connectivity index (χ3v) is 4.33. The van der Waals surface area contributed by atoms with Crippen molar-refractivity contribution in [2.45, 2.75) is 19.8 Å². The standard InChI is InChI=1S/C20H21N3O3/c1-13-10-14(12-15(11-13)20(25)26)19(24)21-9-5-8-18-22-16-6-3-4-7-17(16)23(18)2/h3-4,6-7,10-12H,5,8-9H2,1-2H3,(H,21,24)(H,25,26). The fraction of sp³-hybridized carbons (Fsp3) is 0.250. The van der Waals surface area contributed by atoms with Crippen LogP contribution in [0.4, 0.5) is 0 Å². The largest absolute Gasteiger partial charge is 0.478 e. The lowest BCUT2D eigenvalue weighted by Crippen LogP contribution is -2.25. The summed E-state index contributed by atoms with van der Waals surface area (Å²) in [5.41, 5.74) is 3.29. The van der Waals surface area contributed by atoms with E-state index in [1.54, 1.807) is 19.1 Å². The van der Waals surface area contributed by atoms with E-state index in [1.807, 2.05) is 31.3 Å². The summed E-state index contributed by atoms with van der Waals surface area (Å²) in [5, 5.41) is 11.9. The molecule has 0 aliphatic carbocycles. The van der Waals surface area contributed by atoms with Gasteiger partial charge in [-0.2, -0.15) is 0 Å². The third-order valence-electron chi connectivity index (χ3n) is 4.33. The molecule has 6 heteroatoms. The van der Waals surface area contributed by atoms with Crippen LogP contribution in [0.1, 0.15) is 38.5 Å². The van der Waals surface area contributed by atoms with E-state index < -0.39 is 5.97 Å². The molecule has 0 spiro atoms. The summed E-state index contributed by atoms with van der Waals surface area (Å²) < 4.78 is 2.07. The van der Waals surface area contributed by atoms with Crippen molar-refractivity contribution < 1.29 is 14.7 Å². The van der Waals surface area contributed by atoms with Crippen molar-refractivity contribution in [2.75, 3.05) is 6.54 Å². The van der Waals surface area contributed by atoms with Gasteiger partial charge in [0.1, 0.15) is 5.82 Å². The van der Waals surface area contributed by atoms with Gasteiger partial charge in [0.2, 0.25) is 0 Å². The molecule has 0 aliphatic heterocycles. The molecular weight excluding hydrogens is 330 g/mol. The summed E-state index contributed by atoms with van der Waals surface area (Å²) in [6.45, 7) is 2.27. The molecule has 0 bridgehead atoms. The molecule has 0 saturated carbocycles. The van der Waals surface area contributed by atoms with Crippen molar-refractivity contribution in [1.82, 2.24) is 14.9 Å². The first kappa shape index (κ1) is 17.7. The zero-order chi connectivity index (χ0) is 18.7. The van der Waals surface area contributed by atoms with E-state index in [1.165, 1.54) is 6.07 Å². The van der Waals surface area contributed by atoms with Crippen LogP contribution in [-0.2, 0) is 13.5 Å². The molecule has 0 unspecified atom stereocenters. The second kappa shape index (κ2) is 7.39. The lowest BCUT2D eigenvalue weighted by molar-refractivity contribution is 0.0696. The molecule has 0 saturated heterocycles. The first-order chi connectivity index (χ1) is 12.5. The van der Waals surface area contributed by atoms with Gasteiger partial charge in [0.05, 0.1) is 16.6 Å². The summed E-state index contributed by atoms with van der Waals surface area (Å²) in [6.07, 6.45) is 1.50. The Labute approximate surface area is 151 Å². The number of hydrogen-bond acceptors (Lipinski definition) is 3. The minimum atomic E-state index is -1.04. The second-order valence-electron chi connectivity index (χ2n) is 6.33. The van der Waals surface area contributed by atoms with Crippen molar-refractivity contribution >= 4 is 22.9 Å². The number of benzene rings is 2. The molecular formula is C20H21N3O3. The van der Waals surface area contributed by atoms with E-state index in [0.29, 0.717) is 12.1 Å². The fourth-order valence-corrected chi connectivity index (χ4v) is 3.01. The molecule has 1 aromatic heterocycles. The molecule has 0 radical (unpaired) electrons. The highest BCUT2D eigenvalue weighted by Gasteiger charge is 2.11. The predicted molar refractivity (Wildman–Crippen MR) is 99.5 cm³/mol. The minimum absolute atomic E-state index is 0.120. The van der Waals surface area contributed by atoms with Crippen LogP contribution in [0.5, 0.6) is 0 Å². The maximum atomic E-state index is 12.3. The predicted octanol–water partition coefficient (Wildman–Crippen LogP) is 2.94. The number of rotatable bonds is 6. The number of carbonyl (C=O) groups is 2. The van der Waals surface area contributed by atoms with Crippen molar-refractivity contribution in [1.29, 1.82) is 0 Å². The fourth-order valence-electron chi connectivity index (χ4n) is 3.01. The number of carboxylic acids is 1. The van der Waals surface area contributed by atoms with E-state index in [0.717, 1.165) is 35.3 Å². The normalized spacial score (nSPS) is 10.8. The van der Waals surface area contributed by atoms with E-state index in [4.69, 9.17) is 5.11 Å². The van der Waals surface area contributed by atoms with E-state index in [-0.39, 0.29) is 11.5 Å². The Morgan fingerprint density at radius 1 is 1.15 bits per heavy atom. The molecule has 0 aliphatic rings. The number of aryl methyl sites for hydroxylation is 3. The SMILES string of the molecule is Cc1cc(C(=O)O)cc(C(=O)NCCCc2nc3ccccc3n2C)c1. The molecule has 0 atom stereocenters. The van der Waals surface area contributed by atoms with Crippen LogP contribution >= 0.6 is 0 Å². The summed E-state index contributed by atoms with van der Waals surface area (Å²) in [6, 6.07) is 12.6. The van der Waals surface area contributed by atoms with Crippen molar-refractivity contribution in [3.8, 4) is 0 Å². The topological polar surface area (TPSA) is 84.2 Å². The highest BCUT2D eigenvalue weighted by Crippen LogP contribution is 2.15. The number of imidazole rings is 1. The number of carbonyl (C=O) groups excluding carboxylic acids is 1. The lowest BCUT2D eigenvalue weighted by atomic mass is 10.1. The number of carboxylic acid groups (broad SMARTS) is 1. The van der Waals surface area contributed by atoms with Gasteiger partial charge in [-0.25, -0.2) is 9.78 Å². The zero-order valence-corrected chi connectivity index (χ0v) is 14.8. The first-order valence-electron chi connectivity index (χ1n) is 8.49. The van der Waals surface area contributed by atoms with Gasteiger partial charge in [-0.15, -0.1) is 0 Å². The number of hydrogen-bond donors (Lipinski definition) is 2. The molecule has 1 amide bonds. The van der Waals surface area contributed by atoms with Crippen molar-refractivity contribution in [2.24, 2.45) is 7.05 Å². The Balaban J connectivity index is 1.58. The number of aromatic carboxylic acids is 1. The molecule has 3 aromatic rings. The van der Waals surface area contributed by atoms with Crippen LogP contribution in [0, 0.1) is 6.92 Å². The van der Waals surface area contributed by atoms with Gasteiger partial charge in [0.25, 0.3) is 5.91 Å². The number of aromatic nitrogens is 2. The maximum Gasteiger partial charge on any atom is 0.335 e. The second-order valence-corrected chi connectivity index (χ2v) is 6.33. The molecule has 3 rings (SSSR count). The maximum absolute atomic E-state index is 12.3. The van der Waals surface area contributed by atoms with Crippen LogP contribution in [0.25, 0.3) is 11.0 Å². The van der Waals surface area contributed by atoms with Crippen LogP contribution in [0.3, 0.4) is 0 Å². The highest BCUT2D eigenvalue weighted by atomic mass is 16.4. The van der Waals surface area contributed by atoms with Crippen LogP contribution in [0.15, 0.2) is 42.5 Å². The molecule has 0 fully saturated rings. The first-order valence-corrected chi connectivity index (χ1v) is 8.49. The lowest BCUT2D eigenvalue weighted by Gasteiger charge is -2.07. The number of amides is 1. The van der Waals surface area contributed by atoms with Gasteiger partial charge < -0.3 is 15.0 Å². The van der Waals surface area contributed by atoms with Crippen LogP contribution < -0.4 is 5.32 Å². The van der Waals surface area contributed by atoms with Crippen molar-refractivity contribution in [3.05, 3.63) is 65.0 Å². The zero-order valence-electron chi connectivity index (χ0n) is 14.8. The van der Waals surface area contributed by atoms with E-state index in [2.05, 4.69) is 14.9 Å². The minimum Gasteiger partial charge on any atom is -0.478 e. The molecule has 134 valence electrons. The number of nitrogens with one attached hydrogen (secondary N) is 1. The average molecular weight is 351 g/mol. The third kappa shape index (κ3) is 3.74. The van der Waals surface area contributed by atoms with Gasteiger partial charge in [0, 0.05) is 25.6 Å². The van der Waals surface area contributed by atoms with Crippen molar-refractivity contribution in [3.63, 3.8) is 0 Å². The quantitative estimate of drug-likeness (QED) is 0.669. The Morgan fingerprint density at radius 2 is 1.88 bits per heavy atom. The highest BCUT2D eigenvalue weighted by molar-refractivity contribution is 5.97. The summed E-state index contributed by atoms with van der Waals surface area (Å²) in [7, 11) is 1.99. The molecule has 6 nitrogen and oxygen atoms in total. The molecule has 2 N–H and O–H groups in total. The summed E-state index contributed by atoms with van der Waals surface area (Å²) >= 11 is 0. The van der Waals surface area contributed by atoms with E-state index in [9.17, 15) is 9.59 Å². The Morgan fingerprint density at radius 3 is 2.62 bits per heavy atom. The molecule has 1 heterocycles. The van der Waals surface area contributed by atoms with Gasteiger partial charge in [0.15, 0.2) is 0 Å². The smallest absolute Gasteiger partial charge is 0.335 e. The summed E-state index contributed by atoms with van der Waals surface area (Å²) in [4.78, 5) is 28.0. The van der Waals surface area contributed by atoms with Gasteiger partial charge in [-0.1, -0.05) is 12.1 Å².